The molecule has 0 radical (unpaired) electrons. The minimum atomic E-state index is -0.747. The minimum absolute atomic E-state index is 0.0567. The van der Waals surface area contributed by atoms with E-state index in [1.54, 1.807) is 25.2 Å². The quantitative estimate of drug-likeness (QED) is 0.507. The molecule has 0 aromatic heterocycles. The number of nitrogens with zero attached hydrogens (tertiary/aromatic N) is 1. The van der Waals surface area contributed by atoms with Crippen molar-refractivity contribution in [3.05, 3.63) is 106 Å². The highest BCUT2D eigenvalue weighted by molar-refractivity contribution is 6.36. The Hall–Kier alpha value is -2.82. The molecule has 0 unspecified atom stereocenters. The number of amides is 2. The molecule has 2 amide bonds. The van der Waals surface area contributed by atoms with Crippen molar-refractivity contribution in [1.29, 1.82) is 0 Å². The third-order valence-electron chi connectivity index (χ3n) is 5.90. The molecular formula is C26H24Cl2N2O2. The van der Waals surface area contributed by atoms with Crippen LogP contribution in [0.1, 0.15) is 35.6 Å². The minimum Gasteiger partial charge on any atom is -0.344 e. The fraction of sp³-hybridized carbons (Fsp3) is 0.231. The maximum atomic E-state index is 13.3. The van der Waals surface area contributed by atoms with Crippen LogP contribution in [-0.4, -0.2) is 30.3 Å². The van der Waals surface area contributed by atoms with E-state index in [-0.39, 0.29) is 24.4 Å². The standard InChI is InChI=1S/C26H24Cl2N2O2/c1-30(25(32)26(15-16-26)23-20(27)13-8-14-21(23)28)17-22(31)29-24(18-9-4-2-5-10-18)19-11-6-3-7-12-19/h2-14,24H,15-17H2,1H3,(H,29,31). The first-order valence-corrected chi connectivity index (χ1v) is 11.3. The molecule has 1 N–H and O–H groups in total. The molecular weight excluding hydrogens is 443 g/mol. The van der Waals surface area contributed by atoms with Gasteiger partial charge in [-0.1, -0.05) is 89.9 Å². The zero-order valence-corrected chi connectivity index (χ0v) is 19.2. The van der Waals surface area contributed by atoms with Gasteiger partial charge >= 0.3 is 0 Å². The van der Waals surface area contributed by atoms with E-state index in [2.05, 4.69) is 5.32 Å². The van der Waals surface area contributed by atoms with Crippen LogP contribution in [-0.2, 0) is 15.0 Å². The Kier molecular flexibility index (Phi) is 6.54. The molecule has 1 fully saturated rings. The Balaban J connectivity index is 1.50. The van der Waals surface area contributed by atoms with E-state index in [0.717, 1.165) is 11.1 Å². The molecule has 164 valence electrons. The number of halogens is 2. The molecule has 0 atom stereocenters. The van der Waals surface area contributed by atoms with Gasteiger partial charge in [0.2, 0.25) is 11.8 Å². The number of nitrogens with one attached hydrogen (secondary N) is 1. The normalized spacial score (nSPS) is 14.1. The van der Waals surface area contributed by atoms with Gasteiger partial charge < -0.3 is 10.2 Å². The van der Waals surface area contributed by atoms with Crippen molar-refractivity contribution in [1.82, 2.24) is 10.2 Å². The van der Waals surface area contributed by atoms with Crippen LogP contribution in [0.25, 0.3) is 0 Å². The van der Waals surface area contributed by atoms with Gasteiger partial charge in [-0.25, -0.2) is 0 Å². The number of hydrogen-bond acceptors (Lipinski definition) is 2. The van der Waals surface area contributed by atoms with Crippen LogP contribution in [0.2, 0.25) is 10.0 Å². The third-order valence-corrected chi connectivity index (χ3v) is 6.53. The molecule has 1 aliphatic carbocycles. The predicted octanol–water partition coefficient (Wildman–Crippen LogP) is 5.39. The molecule has 0 saturated heterocycles. The summed E-state index contributed by atoms with van der Waals surface area (Å²) in [6.07, 6.45) is 1.33. The van der Waals surface area contributed by atoms with Crippen LogP contribution in [0.3, 0.4) is 0 Å². The lowest BCUT2D eigenvalue weighted by atomic mass is 9.94. The second kappa shape index (κ2) is 9.35. The fourth-order valence-corrected chi connectivity index (χ4v) is 4.92. The average molecular weight is 467 g/mol. The molecule has 1 saturated carbocycles. The molecule has 0 heterocycles. The number of rotatable bonds is 7. The second-order valence-corrected chi connectivity index (χ2v) is 8.98. The van der Waals surface area contributed by atoms with Crippen LogP contribution in [0.15, 0.2) is 78.9 Å². The van der Waals surface area contributed by atoms with Gasteiger partial charge in [-0.15, -0.1) is 0 Å². The molecule has 0 aliphatic heterocycles. The van der Waals surface area contributed by atoms with Gasteiger partial charge in [0.15, 0.2) is 0 Å². The molecule has 0 spiro atoms. The van der Waals surface area contributed by atoms with Crippen molar-refractivity contribution < 1.29 is 9.59 Å². The van der Waals surface area contributed by atoms with E-state index in [1.807, 2.05) is 60.7 Å². The topological polar surface area (TPSA) is 49.4 Å². The van der Waals surface area contributed by atoms with Gasteiger partial charge in [0.1, 0.15) is 0 Å². The highest BCUT2D eigenvalue weighted by Gasteiger charge is 2.54. The van der Waals surface area contributed by atoms with Crippen molar-refractivity contribution in [2.75, 3.05) is 13.6 Å². The Bertz CT molecular complexity index is 1060. The first-order valence-electron chi connectivity index (χ1n) is 10.5. The number of carbonyl (C=O) groups excluding carboxylic acids is 2. The van der Waals surface area contributed by atoms with Crippen molar-refractivity contribution in [3.63, 3.8) is 0 Å². The largest absolute Gasteiger partial charge is 0.344 e. The lowest BCUT2D eigenvalue weighted by Gasteiger charge is -2.26. The number of carbonyl (C=O) groups is 2. The molecule has 0 bridgehead atoms. The van der Waals surface area contributed by atoms with E-state index in [1.165, 1.54) is 4.90 Å². The van der Waals surface area contributed by atoms with Crippen molar-refractivity contribution in [2.45, 2.75) is 24.3 Å². The number of benzene rings is 3. The van der Waals surface area contributed by atoms with Gasteiger partial charge in [-0.2, -0.15) is 0 Å². The lowest BCUT2D eigenvalue weighted by molar-refractivity contribution is -0.137. The van der Waals surface area contributed by atoms with Crippen LogP contribution >= 0.6 is 23.2 Å². The van der Waals surface area contributed by atoms with E-state index in [4.69, 9.17) is 23.2 Å². The van der Waals surface area contributed by atoms with Crippen molar-refractivity contribution >= 4 is 35.0 Å². The lowest BCUT2D eigenvalue weighted by Crippen LogP contribution is -2.44. The number of likely N-dealkylation sites (N-methyl/N-ethyl adjacent to an activating group) is 1. The van der Waals surface area contributed by atoms with Gasteiger partial charge in [0.05, 0.1) is 18.0 Å². The van der Waals surface area contributed by atoms with E-state index < -0.39 is 5.41 Å². The van der Waals surface area contributed by atoms with Gasteiger partial charge in [-0.3, -0.25) is 9.59 Å². The summed E-state index contributed by atoms with van der Waals surface area (Å²) in [5.41, 5.74) is 1.86. The summed E-state index contributed by atoms with van der Waals surface area (Å²) < 4.78 is 0. The first kappa shape index (κ1) is 22.4. The summed E-state index contributed by atoms with van der Waals surface area (Å²) >= 11 is 12.8. The fourth-order valence-electron chi connectivity index (χ4n) is 4.16. The Labute approximate surface area is 198 Å². The van der Waals surface area contributed by atoms with Gasteiger partial charge in [0, 0.05) is 22.7 Å². The summed E-state index contributed by atoms with van der Waals surface area (Å²) in [5, 5.41) is 4.05. The molecule has 4 nitrogen and oxygen atoms in total. The Morgan fingerprint density at radius 3 is 1.84 bits per heavy atom. The van der Waals surface area contributed by atoms with E-state index >= 15 is 0 Å². The van der Waals surface area contributed by atoms with Gasteiger partial charge in [0.25, 0.3) is 0 Å². The summed E-state index contributed by atoms with van der Waals surface area (Å²) in [6.45, 7) is -0.0567. The predicted molar refractivity (Wildman–Crippen MR) is 128 cm³/mol. The highest BCUT2D eigenvalue weighted by Crippen LogP contribution is 2.53. The first-order chi connectivity index (χ1) is 15.4. The Morgan fingerprint density at radius 2 is 1.38 bits per heavy atom. The summed E-state index contributed by atoms with van der Waals surface area (Å²) in [6, 6.07) is 24.5. The molecule has 1 aliphatic rings. The number of hydrogen-bond donors (Lipinski definition) is 1. The molecule has 3 aromatic rings. The van der Waals surface area contributed by atoms with Crippen molar-refractivity contribution in [2.24, 2.45) is 0 Å². The average Bonchev–Trinajstić information content (AvgIpc) is 3.59. The smallest absolute Gasteiger partial charge is 0.240 e. The molecule has 3 aromatic carbocycles. The summed E-state index contributed by atoms with van der Waals surface area (Å²) in [7, 11) is 1.65. The van der Waals surface area contributed by atoms with Crippen LogP contribution < -0.4 is 5.32 Å². The van der Waals surface area contributed by atoms with Crippen LogP contribution in [0, 0.1) is 0 Å². The van der Waals surface area contributed by atoms with Crippen LogP contribution in [0.5, 0.6) is 0 Å². The SMILES string of the molecule is CN(CC(=O)NC(c1ccccc1)c1ccccc1)C(=O)C1(c2c(Cl)cccc2Cl)CC1. The molecule has 32 heavy (non-hydrogen) atoms. The van der Waals surface area contributed by atoms with Crippen LogP contribution in [0.4, 0.5) is 0 Å². The molecule has 6 heteroatoms. The Morgan fingerprint density at radius 1 is 0.875 bits per heavy atom. The van der Waals surface area contributed by atoms with Gasteiger partial charge in [-0.05, 0) is 36.1 Å². The van der Waals surface area contributed by atoms with Crippen molar-refractivity contribution in [3.8, 4) is 0 Å². The summed E-state index contributed by atoms with van der Waals surface area (Å²) in [4.78, 5) is 27.8. The van der Waals surface area contributed by atoms with E-state index in [9.17, 15) is 9.59 Å². The molecule has 4 rings (SSSR count). The third kappa shape index (κ3) is 4.52. The highest BCUT2D eigenvalue weighted by atomic mass is 35.5. The maximum absolute atomic E-state index is 13.3. The zero-order chi connectivity index (χ0) is 22.7. The second-order valence-electron chi connectivity index (χ2n) is 8.16. The van der Waals surface area contributed by atoms with E-state index in [0.29, 0.717) is 28.5 Å². The zero-order valence-electron chi connectivity index (χ0n) is 17.7. The maximum Gasteiger partial charge on any atom is 0.240 e. The monoisotopic (exact) mass is 466 g/mol. The summed E-state index contributed by atoms with van der Waals surface area (Å²) in [5.74, 6) is -0.377.